The Hall–Kier alpha value is -11.2. The van der Waals surface area contributed by atoms with Crippen LogP contribution in [0.25, 0.3) is 163 Å². The summed E-state index contributed by atoms with van der Waals surface area (Å²) in [6.07, 6.45) is 0. The highest BCUT2D eigenvalue weighted by atomic mass is 32.1. The van der Waals surface area contributed by atoms with Crippen molar-refractivity contribution in [2.45, 2.75) is 0 Å². The molecule has 0 unspecified atom stereocenters. The molecule has 0 saturated carbocycles. The third-order valence-corrected chi connectivity index (χ3v) is 19.1. The van der Waals surface area contributed by atoms with E-state index in [9.17, 15) is 0 Å². The molecule has 6 heterocycles. The van der Waals surface area contributed by atoms with E-state index < -0.39 is 0 Å². The van der Waals surface area contributed by atoms with Gasteiger partial charge in [-0.2, -0.15) is 0 Å². The molecule has 0 aliphatic heterocycles. The minimum atomic E-state index is 0.713. The van der Waals surface area contributed by atoms with Crippen molar-refractivity contribution in [1.82, 2.24) is 29.1 Å². The highest BCUT2D eigenvalue weighted by Crippen LogP contribution is 2.43. The first-order valence-corrected chi connectivity index (χ1v) is 31.1. The summed E-state index contributed by atoms with van der Waals surface area (Å²) in [5, 5.41) is 10.3. The number of aromatic nitrogens is 6. The molecule has 0 spiro atoms. The van der Waals surface area contributed by atoms with Crippen molar-refractivity contribution >= 4 is 107 Å². The van der Waals surface area contributed by atoms with Gasteiger partial charge in [0.2, 0.25) is 0 Å². The zero-order valence-corrected chi connectivity index (χ0v) is 49.0. The lowest BCUT2D eigenvalue weighted by molar-refractivity contribution is 1.16. The molecule has 0 atom stereocenters. The average Bonchev–Trinajstić information content (AvgIpc) is 1.77. The van der Waals surface area contributed by atoms with Crippen LogP contribution < -0.4 is 0 Å². The second-order valence-electron chi connectivity index (χ2n) is 22.1. The summed E-state index contributed by atoms with van der Waals surface area (Å²) in [6.45, 7) is 0. The highest BCUT2D eigenvalue weighted by Gasteiger charge is 2.19. The molecule has 0 N–H and O–H groups in total. The fourth-order valence-electron chi connectivity index (χ4n) is 12.6. The van der Waals surface area contributed by atoms with Crippen LogP contribution in [-0.2, 0) is 0 Å². The molecule has 88 heavy (non-hydrogen) atoms. The maximum atomic E-state index is 5.03. The first kappa shape index (κ1) is 51.3. The van der Waals surface area contributed by atoms with E-state index >= 15 is 0 Å². The molecule has 0 radical (unpaired) electrons. The smallest absolute Gasteiger partial charge is 0.160 e. The van der Waals surface area contributed by atoms with Crippen molar-refractivity contribution in [2.24, 2.45) is 0 Å². The largest absolute Gasteiger partial charge is 0.309 e. The van der Waals surface area contributed by atoms with Crippen LogP contribution >= 0.6 is 22.7 Å². The Morgan fingerprint density at radius 3 is 0.909 bits per heavy atom. The normalized spacial score (nSPS) is 11.6. The zero-order valence-electron chi connectivity index (χ0n) is 47.4. The molecule has 0 aliphatic rings. The molecule has 0 amide bonds. The van der Waals surface area contributed by atoms with E-state index in [0.717, 1.165) is 73.4 Å². The summed E-state index contributed by atoms with van der Waals surface area (Å²) in [4.78, 5) is 20.0. The van der Waals surface area contributed by atoms with E-state index in [1.807, 2.05) is 95.5 Å². The minimum absolute atomic E-state index is 0.713. The van der Waals surface area contributed by atoms with Crippen molar-refractivity contribution in [3.8, 4) is 79.2 Å². The topological polar surface area (TPSA) is 61.4 Å². The van der Waals surface area contributed by atoms with Crippen LogP contribution in [0.4, 0.5) is 0 Å². The standard InChI is InChI=1S/2C40H25N3S/c1-3-11-26(12-4-1)34-25-35(42-40(41-34)28-13-5-2-6-14-28)27-19-21-29(22-20-27)43-36-17-9-7-15-30(36)32-24-39-33(23-37(32)43)31-16-8-10-18-38(31)44-39;1-3-11-26(12-4-1)34-25-35(27-13-5-2-6-14-27)42-40(41-34)28-19-21-29(22-20-28)43-36-17-9-7-15-30(36)32-24-39-33(23-37(32)43)31-16-8-10-18-38(31)44-39/h2*1-25H. The summed E-state index contributed by atoms with van der Waals surface area (Å²) in [7, 11) is 0. The Labute approximate surface area is 514 Å². The van der Waals surface area contributed by atoms with Crippen molar-refractivity contribution in [1.29, 1.82) is 0 Å². The van der Waals surface area contributed by atoms with Gasteiger partial charge in [0.05, 0.1) is 44.8 Å². The van der Waals surface area contributed by atoms with Gasteiger partial charge in [0.25, 0.3) is 0 Å². The van der Waals surface area contributed by atoms with Gasteiger partial charge in [-0.25, -0.2) is 19.9 Å². The van der Waals surface area contributed by atoms with Crippen molar-refractivity contribution in [3.05, 3.63) is 303 Å². The summed E-state index contributed by atoms with van der Waals surface area (Å²) in [6, 6.07) is 107. The molecule has 0 saturated heterocycles. The van der Waals surface area contributed by atoms with Crippen LogP contribution in [0.2, 0.25) is 0 Å². The Morgan fingerprint density at radius 2 is 0.511 bits per heavy atom. The van der Waals surface area contributed by atoms with Gasteiger partial charge < -0.3 is 9.13 Å². The lowest BCUT2D eigenvalue weighted by atomic mass is 10.1. The molecule has 18 rings (SSSR count). The highest BCUT2D eigenvalue weighted by molar-refractivity contribution is 7.26. The van der Waals surface area contributed by atoms with E-state index in [-0.39, 0.29) is 0 Å². The molecule has 412 valence electrons. The van der Waals surface area contributed by atoms with Gasteiger partial charge >= 0.3 is 0 Å². The summed E-state index contributed by atoms with van der Waals surface area (Å²) < 4.78 is 10.1. The number of benzene rings is 12. The number of nitrogens with zero attached hydrogens (tertiary/aromatic N) is 6. The van der Waals surface area contributed by atoms with Gasteiger partial charge in [0.1, 0.15) is 0 Å². The molecule has 0 fully saturated rings. The third kappa shape index (κ3) is 9.01. The second-order valence-corrected chi connectivity index (χ2v) is 24.3. The fraction of sp³-hybridized carbons (Fsp3) is 0. The first-order valence-electron chi connectivity index (χ1n) is 29.5. The molecule has 18 aromatic rings. The van der Waals surface area contributed by atoms with Crippen molar-refractivity contribution < 1.29 is 0 Å². The quantitative estimate of drug-likeness (QED) is 0.152. The number of hydrogen-bond donors (Lipinski definition) is 0. The lowest BCUT2D eigenvalue weighted by Crippen LogP contribution is -1.97. The van der Waals surface area contributed by atoms with Crippen LogP contribution in [0, 0.1) is 0 Å². The number of hydrogen-bond acceptors (Lipinski definition) is 6. The fourth-order valence-corrected chi connectivity index (χ4v) is 14.9. The Kier molecular flexibility index (Phi) is 12.5. The van der Waals surface area contributed by atoms with Gasteiger partial charge in [-0.05, 0) is 97.1 Å². The first-order chi connectivity index (χ1) is 43.6. The van der Waals surface area contributed by atoms with Gasteiger partial charge in [-0.3, -0.25) is 0 Å². The van der Waals surface area contributed by atoms with Gasteiger partial charge in [0, 0.05) is 107 Å². The van der Waals surface area contributed by atoms with Gasteiger partial charge in [-0.15, -0.1) is 22.7 Å². The number of rotatable bonds is 8. The Morgan fingerprint density at radius 1 is 0.205 bits per heavy atom. The molecule has 12 aromatic carbocycles. The number of thiophene rings is 2. The molecular weight excluding hydrogens is 1110 g/mol. The molecule has 8 heteroatoms. The maximum absolute atomic E-state index is 5.03. The van der Waals surface area contributed by atoms with Crippen LogP contribution in [0.5, 0.6) is 0 Å². The predicted octanol–water partition coefficient (Wildman–Crippen LogP) is 21.9. The predicted molar refractivity (Wildman–Crippen MR) is 371 cm³/mol. The lowest BCUT2D eigenvalue weighted by Gasteiger charge is -2.11. The van der Waals surface area contributed by atoms with Crippen LogP contribution in [0.1, 0.15) is 0 Å². The summed E-state index contributed by atoms with van der Waals surface area (Å²) in [5.74, 6) is 1.44. The van der Waals surface area contributed by atoms with E-state index in [1.54, 1.807) is 0 Å². The minimum Gasteiger partial charge on any atom is -0.309 e. The van der Waals surface area contributed by atoms with Crippen LogP contribution in [-0.4, -0.2) is 29.1 Å². The SMILES string of the molecule is c1ccc(-c2cc(-c3ccc(-n4c5ccccc5c5cc6sc7ccccc7c6cc54)cc3)nc(-c3ccccc3)n2)cc1.c1ccc(-c2cc(-c3ccccc3)nc(-c3ccc(-n4c5ccccc5c5cc6sc7ccccc7c6cc54)cc3)n2)cc1. The van der Waals surface area contributed by atoms with E-state index in [0.29, 0.717) is 5.82 Å². The average molecular weight is 1160 g/mol. The van der Waals surface area contributed by atoms with E-state index in [1.165, 1.54) is 84.0 Å². The third-order valence-electron chi connectivity index (χ3n) is 16.8. The summed E-state index contributed by atoms with van der Waals surface area (Å²) >= 11 is 3.73. The molecule has 0 aliphatic carbocycles. The molecule has 6 aromatic heterocycles. The monoisotopic (exact) mass is 1160 g/mol. The van der Waals surface area contributed by atoms with Gasteiger partial charge in [0.15, 0.2) is 11.6 Å². The number of para-hydroxylation sites is 2. The van der Waals surface area contributed by atoms with Crippen LogP contribution in [0.3, 0.4) is 0 Å². The van der Waals surface area contributed by atoms with E-state index in [2.05, 4.69) is 240 Å². The zero-order chi connectivity index (χ0) is 58.1. The number of fused-ring (bicyclic) bond motifs is 12. The van der Waals surface area contributed by atoms with E-state index in [4.69, 9.17) is 19.9 Å². The van der Waals surface area contributed by atoms with Crippen molar-refractivity contribution in [3.63, 3.8) is 0 Å². The Balaban J connectivity index is 0.000000137. The molecule has 0 bridgehead atoms. The van der Waals surface area contributed by atoms with Crippen molar-refractivity contribution in [2.75, 3.05) is 0 Å². The molecular formula is C80H50N6S2. The van der Waals surface area contributed by atoms with Crippen LogP contribution in [0.15, 0.2) is 303 Å². The summed E-state index contributed by atoms with van der Waals surface area (Å²) in [5.41, 5.74) is 17.0. The molecule has 6 nitrogen and oxygen atoms in total. The Bertz CT molecular complexity index is 5190. The maximum Gasteiger partial charge on any atom is 0.160 e. The van der Waals surface area contributed by atoms with Gasteiger partial charge in [-0.1, -0.05) is 206 Å². The second kappa shape index (κ2) is 21.4.